The van der Waals surface area contributed by atoms with Gasteiger partial charge in [0, 0.05) is 12.1 Å². The lowest BCUT2D eigenvalue weighted by Crippen LogP contribution is -2.29. The summed E-state index contributed by atoms with van der Waals surface area (Å²) in [7, 11) is 0. The molecule has 1 amide bonds. The summed E-state index contributed by atoms with van der Waals surface area (Å²) < 4.78 is 37.6. The van der Waals surface area contributed by atoms with E-state index >= 15 is 0 Å². The zero-order valence-corrected chi connectivity index (χ0v) is 10.7. The van der Waals surface area contributed by atoms with E-state index < -0.39 is 28.3 Å². The lowest BCUT2D eigenvalue weighted by atomic mass is 10.1. The maximum absolute atomic E-state index is 12.5. The van der Waals surface area contributed by atoms with E-state index in [-0.39, 0.29) is 18.3 Å². The average Bonchev–Trinajstić information content (AvgIpc) is 3.19. The molecule has 21 heavy (non-hydrogen) atoms. The van der Waals surface area contributed by atoms with Crippen LogP contribution in [0, 0.1) is 10.1 Å². The number of nitro groups is 1. The number of anilines is 1. The number of nitrogens with zero attached hydrogens (tertiary/aromatic N) is 1. The fourth-order valence-electron chi connectivity index (χ4n) is 1.68. The van der Waals surface area contributed by atoms with Crippen LogP contribution in [0.2, 0.25) is 0 Å². The van der Waals surface area contributed by atoms with Crippen LogP contribution in [0.5, 0.6) is 0 Å². The van der Waals surface area contributed by atoms with Crippen LogP contribution in [0.25, 0.3) is 0 Å². The molecule has 0 aromatic heterocycles. The first-order chi connectivity index (χ1) is 9.77. The molecule has 0 saturated heterocycles. The molecule has 0 spiro atoms. The number of carbonyl (C=O) groups excluding carboxylic acids is 1. The van der Waals surface area contributed by atoms with Gasteiger partial charge in [0.1, 0.15) is 5.69 Å². The van der Waals surface area contributed by atoms with Crippen molar-refractivity contribution in [1.29, 1.82) is 0 Å². The minimum atomic E-state index is -4.68. The number of carbonyl (C=O) groups is 1. The standard InChI is InChI=1S/C12H12F3N3O3/c13-12(14,15)7-1-4-9(10(5-7)18(20)21)17-11(19)6-16-8-2-3-8/h1,4-5,8,16H,2-3,6H2,(H,17,19). The fourth-order valence-corrected chi connectivity index (χ4v) is 1.68. The van der Waals surface area contributed by atoms with Gasteiger partial charge in [-0.05, 0) is 25.0 Å². The number of hydrogen-bond donors (Lipinski definition) is 2. The summed E-state index contributed by atoms with van der Waals surface area (Å²) in [5.41, 5.74) is -2.18. The van der Waals surface area contributed by atoms with Crippen LogP contribution in [0.4, 0.5) is 24.5 Å². The van der Waals surface area contributed by atoms with E-state index in [9.17, 15) is 28.1 Å². The molecule has 0 bridgehead atoms. The van der Waals surface area contributed by atoms with Crippen molar-refractivity contribution < 1.29 is 22.9 Å². The molecule has 1 fully saturated rings. The normalized spacial score (nSPS) is 14.8. The maximum atomic E-state index is 12.5. The molecule has 1 aromatic rings. The van der Waals surface area contributed by atoms with E-state index in [1.165, 1.54) is 0 Å². The van der Waals surface area contributed by atoms with Crippen molar-refractivity contribution in [2.24, 2.45) is 0 Å². The molecular weight excluding hydrogens is 291 g/mol. The van der Waals surface area contributed by atoms with Crippen molar-refractivity contribution in [2.45, 2.75) is 25.1 Å². The Labute approximate surface area is 117 Å². The van der Waals surface area contributed by atoms with E-state index in [0.29, 0.717) is 12.1 Å². The second-order valence-corrected chi connectivity index (χ2v) is 4.69. The molecular formula is C12H12F3N3O3. The van der Waals surface area contributed by atoms with Crippen molar-refractivity contribution in [3.63, 3.8) is 0 Å². The number of rotatable bonds is 5. The van der Waals surface area contributed by atoms with Crippen molar-refractivity contribution in [2.75, 3.05) is 11.9 Å². The second kappa shape index (κ2) is 5.68. The molecule has 0 aliphatic heterocycles. The Morgan fingerprint density at radius 2 is 2.05 bits per heavy atom. The Kier molecular flexibility index (Phi) is 4.12. The number of halogens is 3. The molecule has 6 nitrogen and oxygen atoms in total. The molecule has 1 aliphatic rings. The first-order valence-corrected chi connectivity index (χ1v) is 6.16. The number of alkyl halides is 3. The molecule has 0 atom stereocenters. The van der Waals surface area contributed by atoms with Crippen LogP contribution in [-0.4, -0.2) is 23.4 Å². The molecule has 2 N–H and O–H groups in total. The third kappa shape index (κ3) is 4.15. The SMILES string of the molecule is O=C(CNC1CC1)Nc1ccc(C(F)(F)F)cc1[N+](=O)[O-]. The van der Waals surface area contributed by atoms with Gasteiger partial charge in [-0.15, -0.1) is 0 Å². The van der Waals surface area contributed by atoms with Crippen LogP contribution in [0.15, 0.2) is 18.2 Å². The van der Waals surface area contributed by atoms with Gasteiger partial charge in [-0.25, -0.2) is 0 Å². The Balaban J connectivity index is 2.13. The zero-order valence-electron chi connectivity index (χ0n) is 10.7. The van der Waals surface area contributed by atoms with E-state index in [2.05, 4.69) is 10.6 Å². The minimum absolute atomic E-state index is 0.0388. The Morgan fingerprint density at radius 1 is 1.38 bits per heavy atom. The van der Waals surface area contributed by atoms with Crippen LogP contribution in [-0.2, 0) is 11.0 Å². The minimum Gasteiger partial charge on any atom is -0.319 e. The highest BCUT2D eigenvalue weighted by Gasteiger charge is 2.33. The number of benzene rings is 1. The summed E-state index contributed by atoms with van der Waals surface area (Å²) in [5.74, 6) is -0.537. The zero-order chi connectivity index (χ0) is 15.6. The summed E-state index contributed by atoms with van der Waals surface area (Å²) in [6.07, 6.45) is -2.75. The highest BCUT2D eigenvalue weighted by molar-refractivity contribution is 5.94. The Bertz CT molecular complexity index is 571. The largest absolute Gasteiger partial charge is 0.416 e. The number of nitro benzene ring substituents is 1. The van der Waals surface area contributed by atoms with Crippen LogP contribution in [0.3, 0.4) is 0 Å². The smallest absolute Gasteiger partial charge is 0.319 e. The first kappa shape index (κ1) is 15.2. The van der Waals surface area contributed by atoms with Crippen molar-refractivity contribution in [3.05, 3.63) is 33.9 Å². The van der Waals surface area contributed by atoms with Crippen molar-refractivity contribution >= 4 is 17.3 Å². The van der Waals surface area contributed by atoms with Crippen molar-refractivity contribution in [1.82, 2.24) is 5.32 Å². The third-order valence-corrected chi connectivity index (χ3v) is 2.92. The maximum Gasteiger partial charge on any atom is 0.416 e. The molecule has 1 aromatic carbocycles. The molecule has 0 radical (unpaired) electrons. The Morgan fingerprint density at radius 3 is 2.57 bits per heavy atom. The molecule has 0 heterocycles. The van der Waals surface area contributed by atoms with E-state index in [1.54, 1.807) is 0 Å². The second-order valence-electron chi connectivity index (χ2n) is 4.69. The molecule has 0 unspecified atom stereocenters. The van der Waals surface area contributed by atoms with Gasteiger partial charge in [-0.2, -0.15) is 13.2 Å². The van der Waals surface area contributed by atoms with Crippen LogP contribution >= 0.6 is 0 Å². The van der Waals surface area contributed by atoms with Gasteiger partial charge < -0.3 is 10.6 Å². The van der Waals surface area contributed by atoms with Crippen LogP contribution in [0.1, 0.15) is 18.4 Å². The fraction of sp³-hybridized carbons (Fsp3) is 0.417. The van der Waals surface area contributed by atoms with E-state index in [0.717, 1.165) is 18.9 Å². The topological polar surface area (TPSA) is 84.3 Å². The van der Waals surface area contributed by atoms with Gasteiger partial charge >= 0.3 is 6.18 Å². The Hall–Kier alpha value is -2.16. The number of hydrogen-bond acceptors (Lipinski definition) is 4. The first-order valence-electron chi connectivity index (χ1n) is 6.16. The lowest BCUT2D eigenvalue weighted by molar-refractivity contribution is -0.384. The monoisotopic (exact) mass is 303 g/mol. The summed E-state index contributed by atoms with van der Waals surface area (Å²) in [4.78, 5) is 21.5. The highest BCUT2D eigenvalue weighted by Crippen LogP contribution is 2.34. The predicted octanol–water partition coefficient (Wildman–Crippen LogP) is 2.30. The van der Waals surface area contributed by atoms with Crippen LogP contribution < -0.4 is 10.6 Å². The number of amides is 1. The summed E-state index contributed by atoms with van der Waals surface area (Å²) in [5, 5.41) is 16.0. The van der Waals surface area contributed by atoms with Gasteiger partial charge in [0.2, 0.25) is 5.91 Å². The summed E-state index contributed by atoms with van der Waals surface area (Å²) in [6, 6.07) is 2.26. The molecule has 1 aliphatic carbocycles. The summed E-state index contributed by atoms with van der Waals surface area (Å²) >= 11 is 0. The summed E-state index contributed by atoms with van der Waals surface area (Å²) in [6.45, 7) is -0.0388. The van der Waals surface area contributed by atoms with Gasteiger partial charge in [-0.3, -0.25) is 14.9 Å². The quantitative estimate of drug-likeness (QED) is 0.645. The highest BCUT2D eigenvalue weighted by atomic mass is 19.4. The predicted molar refractivity (Wildman–Crippen MR) is 67.8 cm³/mol. The van der Waals surface area contributed by atoms with Gasteiger partial charge in [-0.1, -0.05) is 0 Å². The van der Waals surface area contributed by atoms with Gasteiger partial charge in [0.05, 0.1) is 17.0 Å². The molecule has 2 rings (SSSR count). The number of nitrogens with one attached hydrogen (secondary N) is 2. The third-order valence-electron chi connectivity index (χ3n) is 2.92. The average molecular weight is 303 g/mol. The lowest BCUT2D eigenvalue weighted by Gasteiger charge is -2.10. The molecule has 9 heteroatoms. The van der Waals surface area contributed by atoms with E-state index in [4.69, 9.17) is 0 Å². The van der Waals surface area contributed by atoms with Gasteiger partial charge in [0.15, 0.2) is 0 Å². The van der Waals surface area contributed by atoms with E-state index in [1.807, 2.05) is 0 Å². The molecule has 114 valence electrons. The molecule has 1 saturated carbocycles. The van der Waals surface area contributed by atoms with Gasteiger partial charge in [0.25, 0.3) is 5.69 Å². The van der Waals surface area contributed by atoms with Crippen molar-refractivity contribution in [3.8, 4) is 0 Å².